The van der Waals surface area contributed by atoms with Crippen molar-refractivity contribution < 1.29 is 14.9 Å². The summed E-state index contributed by atoms with van der Waals surface area (Å²) in [6, 6.07) is 10.3. The molecule has 0 aliphatic heterocycles. The summed E-state index contributed by atoms with van der Waals surface area (Å²) in [5, 5.41) is 22.7. The summed E-state index contributed by atoms with van der Waals surface area (Å²) in [7, 11) is 0. The summed E-state index contributed by atoms with van der Waals surface area (Å²) < 4.78 is 5.54. The molecule has 3 N–H and O–H groups in total. The second kappa shape index (κ2) is 9.15. The minimum atomic E-state index is -0.505. The first-order valence-corrected chi connectivity index (χ1v) is 7.93. The molecule has 0 radical (unpaired) electrons. The molecule has 1 aromatic carbocycles. The van der Waals surface area contributed by atoms with E-state index in [0.717, 1.165) is 18.4 Å². The van der Waals surface area contributed by atoms with Gasteiger partial charge in [0.25, 0.3) is 0 Å². The third-order valence-electron chi connectivity index (χ3n) is 4.18. The highest BCUT2D eigenvalue weighted by atomic mass is 16.5. The normalized spacial score (nSPS) is 23.9. The van der Waals surface area contributed by atoms with Crippen molar-refractivity contribution in [1.29, 1.82) is 0 Å². The van der Waals surface area contributed by atoms with Gasteiger partial charge in [0.1, 0.15) is 0 Å². The van der Waals surface area contributed by atoms with Gasteiger partial charge in [0.15, 0.2) is 0 Å². The molecule has 2 rings (SSSR count). The smallest absolute Gasteiger partial charge is 0.0897 e. The number of rotatable bonds is 8. The molecule has 3 unspecified atom stereocenters. The fraction of sp³-hybridized carbons (Fsp3) is 0.647. The topological polar surface area (TPSA) is 61.7 Å². The lowest BCUT2D eigenvalue weighted by molar-refractivity contribution is 0.0246. The van der Waals surface area contributed by atoms with E-state index in [1.165, 1.54) is 12.8 Å². The molecule has 0 spiro atoms. The van der Waals surface area contributed by atoms with Gasteiger partial charge in [0, 0.05) is 19.2 Å². The van der Waals surface area contributed by atoms with Crippen molar-refractivity contribution in [3.63, 3.8) is 0 Å². The molecule has 0 aromatic heterocycles. The first kappa shape index (κ1) is 16.4. The van der Waals surface area contributed by atoms with E-state index < -0.39 is 6.10 Å². The molecule has 3 atom stereocenters. The van der Waals surface area contributed by atoms with Gasteiger partial charge in [0.05, 0.1) is 19.3 Å². The molecule has 1 aliphatic carbocycles. The third kappa shape index (κ3) is 5.75. The van der Waals surface area contributed by atoms with E-state index in [0.29, 0.717) is 31.7 Å². The Kier molecular flexibility index (Phi) is 7.16. The van der Waals surface area contributed by atoms with Crippen LogP contribution in [0.25, 0.3) is 0 Å². The van der Waals surface area contributed by atoms with Crippen LogP contribution >= 0.6 is 0 Å². The minimum absolute atomic E-state index is 0.234. The summed E-state index contributed by atoms with van der Waals surface area (Å²) >= 11 is 0. The first-order valence-electron chi connectivity index (χ1n) is 7.93. The second-order valence-corrected chi connectivity index (χ2v) is 5.90. The van der Waals surface area contributed by atoms with Crippen molar-refractivity contribution >= 4 is 0 Å². The Morgan fingerprint density at radius 2 is 1.95 bits per heavy atom. The van der Waals surface area contributed by atoms with Crippen LogP contribution in [-0.4, -0.2) is 42.1 Å². The number of benzene rings is 1. The van der Waals surface area contributed by atoms with Crippen molar-refractivity contribution in [2.24, 2.45) is 5.92 Å². The summed E-state index contributed by atoms with van der Waals surface area (Å²) in [4.78, 5) is 0. The molecule has 0 saturated heterocycles. The summed E-state index contributed by atoms with van der Waals surface area (Å²) in [5.41, 5.74) is 1.12. The first-order chi connectivity index (χ1) is 10.3. The highest BCUT2D eigenvalue weighted by Crippen LogP contribution is 2.23. The highest BCUT2D eigenvalue weighted by molar-refractivity contribution is 5.13. The zero-order valence-corrected chi connectivity index (χ0v) is 12.6. The van der Waals surface area contributed by atoms with E-state index in [-0.39, 0.29) is 6.61 Å². The quantitative estimate of drug-likeness (QED) is 0.683. The molecule has 0 heterocycles. The SMILES string of the molecule is OCC1CCCCC1NCC(O)COCc1ccccc1. The van der Waals surface area contributed by atoms with E-state index in [1.54, 1.807) is 0 Å². The Labute approximate surface area is 127 Å². The van der Waals surface area contributed by atoms with Gasteiger partial charge in [-0.05, 0) is 24.3 Å². The van der Waals surface area contributed by atoms with E-state index in [2.05, 4.69) is 5.32 Å². The summed E-state index contributed by atoms with van der Waals surface area (Å²) in [5.74, 6) is 0.330. The lowest BCUT2D eigenvalue weighted by atomic mass is 9.85. The lowest BCUT2D eigenvalue weighted by Crippen LogP contribution is -2.44. The molecular weight excluding hydrogens is 266 g/mol. The number of nitrogens with one attached hydrogen (secondary N) is 1. The fourth-order valence-electron chi connectivity index (χ4n) is 2.93. The number of hydrogen-bond donors (Lipinski definition) is 3. The van der Waals surface area contributed by atoms with Crippen LogP contribution in [-0.2, 0) is 11.3 Å². The monoisotopic (exact) mass is 293 g/mol. The molecule has 0 bridgehead atoms. The number of aliphatic hydroxyl groups excluding tert-OH is 2. The summed E-state index contributed by atoms with van der Waals surface area (Å²) in [6.07, 6.45) is 4.06. The van der Waals surface area contributed by atoms with Crippen molar-refractivity contribution in [1.82, 2.24) is 5.32 Å². The molecule has 0 amide bonds. The fourth-order valence-corrected chi connectivity index (χ4v) is 2.93. The molecule has 21 heavy (non-hydrogen) atoms. The van der Waals surface area contributed by atoms with Crippen LogP contribution in [0.4, 0.5) is 0 Å². The molecule has 118 valence electrons. The zero-order valence-electron chi connectivity index (χ0n) is 12.6. The minimum Gasteiger partial charge on any atom is -0.396 e. The van der Waals surface area contributed by atoms with Crippen molar-refractivity contribution in [2.75, 3.05) is 19.8 Å². The van der Waals surface area contributed by atoms with Gasteiger partial charge in [-0.25, -0.2) is 0 Å². The Bertz CT molecular complexity index is 385. The van der Waals surface area contributed by atoms with Gasteiger partial charge in [-0.1, -0.05) is 43.2 Å². The van der Waals surface area contributed by atoms with Crippen LogP contribution in [0.5, 0.6) is 0 Å². The molecule has 4 heteroatoms. The second-order valence-electron chi connectivity index (χ2n) is 5.90. The Balaban J connectivity index is 1.61. The Hall–Kier alpha value is -0.940. The molecule has 1 saturated carbocycles. The van der Waals surface area contributed by atoms with Gasteiger partial charge in [0.2, 0.25) is 0 Å². The van der Waals surface area contributed by atoms with Crippen LogP contribution in [0.2, 0.25) is 0 Å². The average Bonchev–Trinajstić information content (AvgIpc) is 2.54. The Morgan fingerprint density at radius 3 is 2.71 bits per heavy atom. The number of ether oxygens (including phenoxy) is 1. The maximum atomic E-state index is 9.97. The standard InChI is InChI=1S/C17H27NO3/c19-11-15-8-4-5-9-17(15)18-10-16(20)13-21-12-14-6-2-1-3-7-14/h1-3,6-7,15-20H,4-5,8-13H2. The van der Waals surface area contributed by atoms with Gasteiger partial charge >= 0.3 is 0 Å². The van der Waals surface area contributed by atoms with Crippen molar-refractivity contribution in [3.8, 4) is 0 Å². The van der Waals surface area contributed by atoms with Gasteiger partial charge in [-0.15, -0.1) is 0 Å². The number of hydrogen-bond acceptors (Lipinski definition) is 4. The predicted octanol–water partition coefficient (Wildman–Crippen LogP) is 1.70. The average molecular weight is 293 g/mol. The highest BCUT2D eigenvalue weighted by Gasteiger charge is 2.24. The van der Waals surface area contributed by atoms with Gasteiger partial charge < -0.3 is 20.3 Å². The van der Waals surface area contributed by atoms with Crippen LogP contribution in [0, 0.1) is 5.92 Å². The molecule has 4 nitrogen and oxygen atoms in total. The maximum absolute atomic E-state index is 9.97. The van der Waals surface area contributed by atoms with Gasteiger partial charge in [-0.2, -0.15) is 0 Å². The molecule has 1 aliphatic rings. The van der Waals surface area contributed by atoms with E-state index in [4.69, 9.17) is 4.74 Å². The number of aliphatic hydroxyl groups is 2. The Morgan fingerprint density at radius 1 is 1.19 bits per heavy atom. The van der Waals surface area contributed by atoms with Gasteiger partial charge in [-0.3, -0.25) is 0 Å². The predicted molar refractivity (Wildman–Crippen MR) is 82.9 cm³/mol. The van der Waals surface area contributed by atoms with Crippen molar-refractivity contribution in [3.05, 3.63) is 35.9 Å². The van der Waals surface area contributed by atoms with Crippen molar-refractivity contribution in [2.45, 2.75) is 44.4 Å². The third-order valence-corrected chi connectivity index (χ3v) is 4.18. The summed E-state index contributed by atoms with van der Waals surface area (Å²) in [6.45, 7) is 1.62. The molecular formula is C17H27NO3. The van der Waals surface area contributed by atoms with E-state index in [9.17, 15) is 10.2 Å². The van der Waals surface area contributed by atoms with Crippen LogP contribution in [0.15, 0.2) is 30.3 Å². The van der Waals surface area contributed by atoms with Crippen LogP contribution < -0.4 is 5.32 Å². The van der Waals surface area contributed by atoms with Crippen LogP contribution in [0.1, 0.15) is 31.2 Å². The zero-order chi connectivity index (χ0) is 14.9. The molecule has 1 aromatic rings. The van der Waals surface area contributed by atoms with E-state index in [1.807, 2.05) is 30.3 Å². The largest absolute Gasteiger partial charge is 0.396 e. The van der Waals surface area contributed by atoms with Crippen LogP contribution in [0.3, 0.4) is 0 Å². The molecule has 1 fully saturated rings. The lowest BCUT2D eigenvalue weighted by Gasteiger charge is -2.31. The maximum Gasteiger partial charge on any atom is 0.0897 e. The van der Waals surface area contributed by atoms with E-state index >= 15 is 0 Å².